The van der Waals surface area contributed by atoms with Gasteiger partial charge in [-0.05, 0) is 30.7 Å². The number of rotatable bonds is 5. The molecule has 2 N–H and O–H groups in total. The molecule has 2 aromatic rings. The molecule has 0 saturated carbocycles. The van der Waals surface area contributed by atoms with Crippen molar-refractivity contribution in [2.24, 2.45) is 0 Å². The van der Waals surface area contributed by atoms with Crippen LogP contribution in [0.5, 0.6) is 0 Å². The van der Waals surface area contributed by atoms with Gasteiger partial charge in [0.15, 0.2) is 5.82 Å². The molecule has 8 heteroatoms. The highest BCUT2D eigenvalue weighted by molar-refractivity contribution is 7.92. The lowest BCUT2D eigenvalue weighted by Gasteiger charge is -2.22. The van der Waals surface area contributed by atoms with E-state index < -0.39 is 10.0 Å². The molecule has 0 spiro atoms. The molecular formula is C13H17N3O3S2. The summed E-state index contributed by atoms with van der Waals surface area (Å²) in [5, 5.41) is 8.80. The first-order valence-electron chi connectivity index (χ1n) is 6.84. The second-order valence-corrected chi connectivity index (χ2v) is 7.73. The van der Waals surface area contributed by atoms with E-state index in [4.69, 9.17) is 4.74 Å². The molecule has 1 fully saturated rings. The standard InChI is InChI=1S/C13H17N3O3S2/c17-21(18,9-10-4-1-2-6-19-10)16-13-8-11(14-15-13)12-5-3-7-20-12/h3,5,7-8,10H,1-2,4,6,9H2,(H2,14,15,16)/t10-/m0/s1. The van der Waals surface area contributed by atoms with Gasteiger partial charge in [-0.25, -0.2) is 8.42 Å². The average molecular weight is 327 g/mol. The molecule has 1 atom stereocenters. The van der Waals surface area contributed by atoms with Gasteiger partial charge in [0.2, 0.25) is 10.0 Å². The molecule has 0 aliphatic carbocycles. The third-order valence-electron chi connectivity index (χ3n) is 3.30. The predicted molar refractivity (Wildman–Crippen MR) is 82.9 cm³/mol. The number of nitrogens with zero attached hydrogens (tertiary/aromatic N) is 1. The minimum atomic E-state index is -3.44. The van der Waals surface area contributed by atoms with E-state index in [-0.39, 0.29) is 11.9 Å². The van der Waals surface area contributed by atoms with Gasteiger partial charge < -0.3 is 4.74 Å². The zero-order valence-corrected chi connectivity index (χ0v) is 13.0. The largest absolute Gasteiger partial charge is 0.377 e. The number of hydrogen-bond acceptors (Lipinski definition) is 5. The molecule has 21 heavy (non-hydrogen) atoms. The molecule has 6 nitrogen and oxygen atoms in total. The van der Waals surface area contributed by atoms with E-state index in [1.165, 1.54) is 0 Å². The molecule has 0 unspecified atom stereocenters. The lowest BCUT2D eigenvalue weighted by atomic mass is 10.1. The number of sulfonamides is 1. The average Bonchev–Trinajstić information content (AvgIpc) is 3.09. The number of H-pyrrole nitrogens is 1. The summed E-state index contributed by atoms with van der Waals surface area (Å²) in [5.74, 6) is 0.294. The monoisotopic (exact) mass is 327 g/mol. The summed E-state index contributed by atoms with van der Waals surface area (Å²) in [5.41, 5.74) is 0.802. The van der Waals surface area contributed by atoms with Crippen LogP contribution in [0.2, 0.25) is 0 Å². The number of thiophene rings is 1. The van der Waals surface area contributed by atoms with Crippen molar-refractivity contribution in [3.8, 4) is 10.6 Å². The molecule has 1 aliphatic heterocycles. The third kappa shape index (κ3) is 3.84. The maximum atomic E-state index is 12.1. The van der Waals surface area contributed by atoms with Crippen molar-refractivity contribution in [2.75, 3.05) is 17.1 Å². The Hall–Kier alpha value is -1.38. The quantitative estimate of drug-likeness (QED) is 0.883. The van der Waals surface area contributed by atoms with E-state index in [1.54, 1.807) is 17.4 Å². The third-order valence-corrected chi connectivity index (χ3v) is 5.54. The van der Waals surface area contributed by atoms with Gasteiger partial charge in [0, 0.05) is 12.7 Å². The number of aromatic nitrogens is 2. The van der Waals surface area contributed by atoms with E-state index in [0.717, 1.165) is 29.8 Å². The van der Waals surface area contributed by atoms with E-state index in [0.29, 0.717) is 12.4 Å². The Morgan fingerprint density at radius 1 is 1.48 bits per heavy atom. The van der Waals surface area contributed by atoms with Crippen LogP contribution in [0, 0.1) is 0 Å². The van der Waals surface area contributed by atoms with Crippen LogP contribution < -0.4 is 4.72 Å². The summed E-state index contributed by atoms with van der Waals surface area (Å²) in [6, 6.07) is 5.59. The summed E-state index contributed by atoms with van der Waals surface area (Å²) in [7, 11) is -3.44. The number of nitrogens with one attached hydrogen (secondary N) is 2. The fourth-order valence-corrected chi connectivity index (χ4v) is 4.27. The highest BCUT2D eigenvalue weighted by Crippen LogP contribution is 2.25. The van der Waals surface area contributed by atoms with Gasteiger partial charge in [-0.15, -0.1) is 11.3 Å². The second kappa shape index (κ2) is 6.17. The second-order valence-electron chi connectivity index (χ2n) is 5.02. The summed E-state index contributed by atoms with van der Waals surface area (Å²) < 4.78 is 32.2. The van der Waals surface area contributed by atoms with Crippen LogP contribution in [-0.4, -0.2) is 37.1 Å². The van der Waals surface area contributed by atoms with Gasteiger partial charge in [-0.1, -0.05) is 6.07 Å². The van der Waals surface area contributed by atoms with Crippen LogP contribution in [-0.2, 0) is 14.8 Å². The number of ether oxygens (including phenoxy) is 1. The number of anilines is 1. The zero-order chi connectivity index (χ0) is 14.7. The lowest BCUT2D eigenvalue weighted by molar-refractivity contribution is 0.0306. The van der Waals surface area contributed by atoms with Crippen molar-refractivity contribution in [1.82, 2.24) is 10.2 Å². The SMILES string of the molecule is O=S(=O)(C[C@@H]1CCCCO1)Nc1cc(-c2cccs2)[nH]n1. The van der Waals surface area contributed by atoms with Crippen LogP contribution in [0.25, 0.3) is 10.6 Å². The van der Waals surface area contributed by atoms with Crippen molar-refractivity contribution < 1.29 is 13.2 Å². The summed E-state index contributed by atoms with van der Waals surface area (Å²) in [6.07, 6.45) is 2.60. The van der Waals surface area contributed by atoms with Gasteiger partial charge in [0.1, 0.15) is 0 Å². The minimum absolute atomic E-state index is 0.0196. The van der Waals surface area contributed by atoms with Gasteiger partial charge in [-0.2, -0.15) is 5.10 Å². The zero-order valence-electron chi connectivity index (χ0n) is 11.4. The van der Waals surface area contributed by atoms with Gasteiger partial charge in [0.05, 0.1) is 22.4 Å². The van der Waals surface area contributed by atoms with Crippen LogP contribution in [0.3, 0.4) is 0 Å². The molecular weight excluding hydrogens is 310 g/mol. The molecule has 0 radical (unpaired) electrons. The van der Waals surface area contributed by atoms with Crippen LogP contribution >= 0.6 is 11.3 Å². The van der Waals surface area contributed by atoms with Gasteiger partial charge in [-0.3, -0.25) is 9.82 Å². The van der Waals surface area contributed by atoms with Gasteiger partial charge in [0.25, 0.3) is 0 Å². The molecule has 0 aromatic carbocycles. The Bertz CT molecular complexity index is 673. The molecule has 0 amide bonds. The first kappa shape index (κ1) is 14.6. The molecule has 3 rings (SSSR count). The first-order valence-corrected chi connectivity index (χ1v) is 9.37. The minimum Gasteiger partial charge on any atom is -0.377 e. The Morgan fingerprint density at radius 2 is 2.38 bits per heavy atom. The van der Waals surface area contributed by atoms with Crippen LogP contribution in [0.1, 0.15) is 19.3 Å². The molecule has 3 heterocycles. The van der Waals surface area contributed by atoms with E-state index >= 15 is 0 Å². The molecule has 1 aliphatic rings. The topological polar surface area (TPSA) is 84.1 Å². The summed E-state index contributed by atoms with van der Waals surface area (Å²) in [4.78, 5) is 1.02. The maximum absolute atomic E-state index is 12.1. The van der Waals surface area contributed by atoms with Crippen LogP contribution in [0.15, 0.2) is 23.6 Å². The molecule has 0 bridgehead atoms. The van der Waals surface area contributed by atoms with Crippen molar-refractivity contribution >= 4 is 27.2 Å². The van der Waals surface area contributed by atoms with Crippen LogP contribution in [0.4, 0.5) is 5.82 Å². The Morgan fingerprint density at radius 3 is 3.10 bits per heavy atom. The molecule has 2 aromatic heterocycles. The predicted octanol–water partition coefficient (Wildman–Crippen LogP) is 2.45. The molecule has 114 valence electrons. The van der Waals surface area contributed by atoms with Crippen molar-refractivity contribution in [3.63, 3.8) is 0 Å². The van der Waals surface area contributed by atoms with Crippen molar-refractivity contribution in [1.29, 1.82) is 0 Å². The maximum Gasteiger partial charge on any atom is 0.236 e. The number of aromatic amines is 1. The fourth-order valence-electron chi connectivity index (χ4n) is 2.32. The van der Waals surface area contributed by atoms with Crippen molar-refractivity contribution in [2.45, 2.75) is 25.4 Å². The Kier molecular flexibility index (Phi) is 4.27. The smallest absolute Gasteiger partial charge is 0.236 e. The summed E-state index contributed by atoms with van der Waals surface area (Å²) in [6.45, 7) is 0.644. The number of hydrogen-bond donors (Lipinski definition) is 2. The Labute approximate surface area is 127 Å². The normalized spacial score (nSPS) is 19.5. The Balaban J connectivity index is 1.65. The lowest BCUT2D eigenvalue weighted by Crippen LogP contribution is -2.30. The fraction of sp³-hybridized carbons (Fsp3) is 0.462. The summed E-state index contributed by atoms with van der Waals surface area (Å²) >= 11 is 1.57. The first-order chi connectivity index (χ1) is 10.1. The van der Waals surface area contributed by atoms with E-state index in [2.05, 4.69) is 14.9 Å². The van der Waals surface area contributed by atoms with E-state index in [1.807, 2.05) is 17.5 Å². The highest BCUT2D eigenvalue weighted by atomic mass is 32.2. The van der Waals surface area contributed by atoms with Crippen molar-refractivity contribution in [3.05, 3.63) is 23.6 Å². The molecule has 1 saturated heterocycles. The highest BCUT2D eigenvalue weighted by Gasteiger charge is 2.22. The van der Waals surface area contributed by atoms with Gasteiger partial charge >= 0.3 is 0 Å². The van der Waals surface area contributed by atoms with E-state index in [9.17, 15) is 8.42 Å².